The van der Waals surface area contributed by atoms with Gasteiger partial charge in [-0.2, -0.15) is 0 Å². The van der Waals surface area contributed by atoms with E-state index in [2.05, 4.69) is 19.4 Å². The van der Waals surface area contributed by atoms with Crippen LogP contribution in [0.3, 0.4) is 0 Å². The number of rotatable bonds is 2. The molecule has 0 unspecified atom stereocenters. The molecule has 23 heavy (non-hydrogen) atoms. The van der Waals surface area contributed by atoms with Gasteiger partial charge in [-0.1, -0.05) is 0 Å². The van der Waals surface area contributed by atoms with Crippen LogP contribution in [-0.2, 0) is 26.0 Å². The molecule has 0 spiro atoms. The van der Waals surface area contributed by atoms with Crippen molar-refractivity contribution in [3.8, 4) is 0 Å². The van der Waals surface area contributed by atoms with Gasteiger partial charge >= 0.3 is 47.3 Å². The summed E-state index contributed by atoms with van der Waals surface area (Å²) in [6.45, 7) is 0. The van der Waals surface area contributed by atoms with E-state index in [1.165, 1.54) is 14.2 Å². The van der Waals surface area contributed by atoms with E-state index in [-0.39, 0.29) is 11.9 Å². The van der Waals surface area contributed by atoms with Gasteiger partial charge < -0.3 is 9.47 Å². The molecular weight excluding hydrogens is 526 g/mol. The summed E-state index contributed by atoms with van der Waals surface area (Å²) in [4.78, 5) is 29.0. The van der Waals surface area contributed by atoms with Crippen molar-refractivity contribution in [1.82, 2.24) is 9.97 Å². The molecule has 0 N–H and O–H groups in total. The first kappa shape index (κ1) is 21.5. The fourth-order valence-corrected chi connectivity index (χ4v) is 1.21. The van der Waals surface area contributed by atoms with E-state index in [0.717, 1.165) is 0 Å². The van der Waals surface area contributed by atoms with Crippen LogP contribution in [0.15, 0.2) is 49.1 Å². The average Bonchev–Trinajstić information content (AvgIpc) is 2.63. The van der Waals surface area contributed by atoms with E-state index in [1.807, 2.05) is 0 Å². The van der Waals surface area contributed by atoms with Gasteiger partial charge in [0.15, 0.2) is 0 Å². The van der Waals surface area contributed by atoms with Crippen LogP contribution in [0, 0.1) is 0 Å². The van der Waals surface area contributed by atoms with Gasteiger partial charge in [-0.15, -0.1) is 0 Å². The third kappa shape index (κ3) is 10.00. The van der Waals surface area contributed by atoms with E-state index in [0.29, 0.717) is 11.1 Å². The van der Waals surface area contributed by atoms with E-state index in [9.17, 15) is 9.59 Å². The summed E-state index contributed by atoms with van der Waals surface area (Å²) < 4.78 is 8.94. The maximum atomic E-state index is 10.8. The van der Waals surface area contributed by atoms with Gasteiger partial charge in [0.1, 0.15) is 0 Å². The van der Waals surface area contributed by atoms with E-state index < -0.39 is 16.5 Å². The molecule has 2 aromatic heterocycles. The quantitative estimate of drug-likeness (QED) is 0.546. The standard InChI is InChI=1S/2C7H7NO2.2ClH.Pt/c2*1-10-7(9)6-2-4-8-5-3-6;;;/h2*2-5H,1H3;2*1H;/q;;;;+2/p-2. The predicted molar refractivity (Wildman–Crippen MR) is 82.9 cm³/mol. The Balaban J connectivity index is 0.000000360. The maximum absolute atomic E-state index is 10.8. The Labute approximate surface area is 150 Å². The van der Waals surface area contributed by atoms with Crippen molar-refractivity contribution < 1.29 is 35.5 Å². The first-order valence-corrected chi connectivity index (χ1v) is 11.5. The van der Waals surface area contributed by atoms with Crippen LogP contribution in [0.4, 0.5) is 0 Å². The van der Waals surface area contributed by atoms with Crippen molar-refractivity contribution in [2.45, 2.75) is 0 Å². The number of ether oxygens (including phenoxy) is 2. The summed E-state index contributed by atoms with van der Waals surface area (Å²) in [6.07, 6.45) is 6.19. The van der Waals surface area contributed by atoms with E-state index in [1.54, 1.807) is 49.1 Å². The third-order valence-electron chi connectivity index (χ3n) is 2.20. The fraction of sp³-hybridized carbons (Fsp3) is 0.143. The summed E-state index contributed by atoms with van der Waals surface area (Å²) >= 11 is -0.472. The van der Waals surface area contributed by atoms with Crippen LogP contribution < -0.4 is 0 Å². The van der Waals surface area contributed by atoms with Crippen molar-refractivity contribution in [3.63, 3.8) is 0 Å². The molecule has 2 heterocycles. The van der Waals surface area contributed by atoms with Crippen molar-refractivity contribution in [1.29, 1.82) is 0 Å². The number of pyridine rings is 2. The number of hydrogen-bond acceptors (Lipinski definition) is 6. The summed E-state index contributed by atoms with van der Waals surface area (Å²) in [7, 11) is 12.4. The summed E-state index contributed by atoms with van der Waals surface area (Å²) in [5, 5.41) is 0. The van der Waals surface area contributed by atoms with Crippen molar-refractivity contribution in [2.75, 3.05) is 14.2 Å². The molecule has 0 atom stereocenters. The molecule has 0 aliphatic heterocycles. The minimum absolute atomic E-state index is 0.331. The number of methoxy groups -OCH3 is 2. The zero-order valence-electron chi connectivity index (χ0n) is 12.2. The Morgan fingerprint density at radius 1 is 0.826 bits per heavy atom. The Kier molecular flexibility index (Phi) is 13.2. The molecule has 0 amide bonds. The number of halogens is 2. The molecule has 9 heteroatoms. The monoisotopic (exact) mass is 539 g/mol. The molecule has 0 bridgehead atoms. The zero-order chi connectivity index (χ0) is 17.5. The topological polar surface area (TPSA) is 78.4 Å². The summed E-state index contributed by atoms with van der Waals surface area (Å²) in [5.74, 6) is -0.662. The summed E-state index contributed by atoms with van der Waals surface area (Å²) in [6, 6.07) is 6.41. The molecule has 0 fully saturated rings. The van der Waals surface area contributed by atoms with Crippen LogP contribution >= 0.6 is 18.8 Å². The third-order valence-corrected chi connectivity index (χ3v) is 2.20. The first-order valence-electron chi connectivity index (χ1n) is 5.89. The molecule has 2 rings (SSSR count). The molecular formula is C14H14Cl2N2O4Pt. The molecule has 0 radical (unpaired) electrons. The summed E-state index contributed by atoms with van der Waals surface area (Å²) in [5.41, 5.74) is 1.05. The van der Waals surface area contributed by atoms with Crippen molar-refractivity contribution in [3.05, 3.63) is 60.2 Å². The number of esters is 2. The Bertz CT molecular complexity index is 522. The van der Waals surface area contributed by atoms with Crippen LogP contribution in [0.5, 0.6) is 0 Å². The SMILES string of the molecule is COC(=O)c1ccncc1.COC(=O)c1ccncc1.[Cl][Pt][Cl]. The molecule has 0 aliphatic carbocycles. The molecule has 0 aromatic carbocycles. The van der Waals surface area contributed by atoms with Crippen LogP contribution in [-0.4, -0.2) is 36.1 Å². The van der Waals surface area contributed by atoms with Crippen LogP contribution in [0.2, 0.25) is 0 Å². The second-order valence-electron chi connectivity index (χ2n) is 3.50. The molecule has 6 nitrogen and oxygen atoms in total. The minimum atomic E-state index is -0.472. The molecule has 2 aromatic rings. The molecule has 0 saturated carbocycles. The van der Waals surface area contributed by atoms with Gasteiger partial charge in [-0.3, -0.25) is 9.97 Å². The number of carbonyl (C=O) groups excluding carboxylic acids is 2. The Hall–Kier alpha value is -1.49. The average molecular weight is 540 g/mol. The van der Waals surface area contributed by atoms with Crippen molar-refractivity contribution in [2.24, 2.45) is 0 Å². The Morgan fingerprint density at radius 2 is 1.09 bits per heavy atom. The second-order valence-corrected chi connectivity index (χ2v) is 6.78. The molecule has 128 valence electrons. The molecule has 0 saturated heterocycles. The predicted octanol–water partition coefficient (Wildman–Crippen LogP) is 3.11. The van der Waals surface area contributed by atoms with Gasteiger partial charge in [-0.25, -0.2) is 9.59 Å². The van der Waals surface area contributed by atoms with E-state index in [4.69, 9.17) is 18.8 Å². The number of hydrogen-bond donors (Lipinski definition) is 0. The normalized spacial score (nSPS) is 8.70. The van der Waals surface area contributed by atoms with Crippen LogP contribution in [0.25, 0.3) is 0 Å². The zero-order valence-corrected chi connectivity index (χ0v) is 16.0. The van der Waals surface area contributed by atoms with Gasteiger partial charge in [-0.05, 0) is 24.3 Å². The number of aromatic nitrogens is 2. The second kappa shape index (κ2) is 14.1. The number of nitrogens with zero attached hydrogens (tertiary/aromatic N) is 2. The molecule has 0 aliphatic rings. The van der Waals surface area contributed by atoms with Gasteiger partial charge in [0.05, 0.1) is 25.3 Å². The van der Waals surface area contributed by atoms with Gasteiger partial charge in [0.2, 0.25) is 0 Å². The van der Waals surface area contributed by atoms with Crippen LogP contribution in [0.1, 0.15) is 20.7 Å². The van der Waals surface area contributed by atoms with Gasteiger partial charge in [0.25, 0.3) is 0 Å². The fourth-order valence-electron chi connectivity index (χ4n) is 1.21. The van der Waals surface area contributed by atoms with Crippen molar-refractivity contribution >= 4 is 30.8 Å². The Morgan fingerprint density at radius 3 is 1.30 bits per heavy atom. The number of carbonyl (C=O) groups is 2. The van der Waals surface area contributed by atoms with E-state index >= 15 is 0 Å². The first-order chi connectivity index (χ1) is 11.1. The van der Waals surface area contributed by atoms with Gasteiger partial charge in [0, 0.05) is 24.8 Å².